The van der Waals surface area contributed by atoms with Gasteiger partial charge in [-0.05, 0) is 38.6 Å². The fourth-order valence-electron chi connectivity index (χ4n) is 2.08. The summed E-state index contributed by atoms with van der Waals surface area (Å²) >= 11 is 0. The Labute approximate surface area is 83.1 Å². The van der Waals surface area contributed by atoms with Crippen molar-refractivity contribution in [2.24, 2.45) is 5.92 Å². The maximum absolute atomic E-state index is 11.2. The maximum atomic E-state index is 11.2. The fraction of sp³-hybridized carbons (Fsp3) is 1.00. The molecule has 0 N–H and O–H groups in total. The zero-order chi connectivity index (χ0) is 9.26. The van der Waals surface area contributed by atoms with E-state index in [0.29, 0.717) is 0 Å². The summed E-state index contributed by atoms with van der Waals surface area (Å²) in [5.41, 5.74) is 0. The van der Waals surface area contributed by atoms with Crippen LogP contribution in [0.4, 0.5) is 0 Å². The molecule has 2 fully saturated rings. The molecule has 1 saturated heterocycles. The van der Waals surface area contributed by atoms with Gasteiger partial charge in [0.15, 0.2) is 0 Å². The van der Waals surface area contributed by atoms with Crippen LogP contribution in [0.15, 0.2) is 0 Å². The molecule has 1 aliphatic carbocycles. The minimum absolute atomic E-state index is 0.501. The van der Waals surface area contributed by atoms with Crippen molar-refractivity contribution in [3.63, 3.8) is 0 Å². The molecule has 3 heteroatoms. The van der Waals surface area contributed by atoms with Crippen LogP contribution in [0.3, 0.4) is 0 Å². The van der Waals surface area contributed by atoms with E-state index >= 15 is 0 Å². The molecule has 0 atom stereocenters. The molecule has 0 unspecified atom stereocenters. The second kappa shape index (κ2) is 4.09. The van der Waals surface area contributed by atoms with E-state index in [1.54, 1.807) is 0 Å². The molecule has 0 amide bonds. The SMILES string of the molecule is CN(CC1CC1)C1CCS(=O)CC1. The largest absolute Gasteiger partial charge is 0.303 e. The van der Waals surface area contributed by atoms with Crippen LogP contribution in [0.25, 0.3) is 0 Å². The van der Waals surface area contributed by atoms with E-state index in [9.17, 15) is 4.21 Å². The van der Waals surface area contributed by atoms with Crippen molar-refractivity contribution in [3.8, 4) is 0 Å². The Bertz CT molecular complexity index is 193. The highest BCUT2D eigenvalue weighted by Crippen LogP contribution is 2.30. The van der Waals surface area contributed by atoms with Crippen molar-refractivity contribution < 1.29 is 4.21 Å². The molecule has 0 radical (unpaired) electrons. The molecule has 0 spiro atoms. The highest BCUT2D eigenvalue weighted by molar-refractivity contribution is 7.85. The lowest BCUT2D eigenvalue weighted by Gasteiger charge is -2.30. The van der Waals surface area contributed by atoms with E-state index in [4.69, 9.17) is 0 Å². The maximum Gasteiger partial charge on any atom is 0.0249 e. The minimum Gasteiger partial charge on any atom is -0.303 e. The van der Waals surface area contributed by atoms with Gasteiger partial charge < -0.3 is 4.90 Å². The van der Waals surface area contributed by atoms with Crippen LogP contribution in [0.5, 0.6) is 0 Å². The Morgan fingerprint density at radius 1 is 1.23 bits per heavy atom. The van der Waals surface area contributed by atoms with Gasteiger partial charge in [0, 0.05) is 34.9 Å². The van der Waals surface area contributed by atoms with Gasteiger partial charge in [-0.15, -0.1) is 0 Å². The molecular weight excluding hydrogens is 182 g/mol. The summed E-state index contributed by atoms with van der Waals surface area (Å²) in [6, 6.07) is 0.721. The van der Waals surface area contributed by atoms with Crippen molar-refractivity contribution in [2.45, 2.75) is 31.7 Å². The predicted molar refractivity (Wildman–Crippen MR) is 56.3 cm³/mol. The Morgan fingerprint density at radius 3 is 2.38 bits per heavy atom. The van der Waals surface area contributed by atoms with E-state index in [-0.39, 0.29) is 0 Å². The topological polar surface area (TPSA) is 20.3 Å². The fourth-order valence-corrected chi connectivity index (χ4v) is 3.35. The van der Waals surface area contributed by atoms with Gasteiger partial charge >= 0.3 is 0 Å². The smallest absolute Gasteiger partial charge is 0.0249 e. The van der Waals surface area contributed by atoms with E-state index < -0.39 is 10.8 Å². The third-order valence-corrected chi connectivity index (χ3v) is 4.61. The van der Waals surface area contributed by atoms with Gasteiger partial charge in [-0.2, -0.15) is 0 Å². The average molecular weight is 201 g/mol. The van der Waals surface area contributed by atoms with Crippen molar-refractivity contribution in [1.82, 2.24) is 4.90 Å². The molecule has 2 rings (SSSR count). The monoisotopic (exact) mass is 201 g/mol. The van der Waals surface area contributed by atoms with Crippen LogP contribution < -0.4 is 0 Å². The molecule has 2 aliphatic rings. The van der Waals surface area contributed by atoms with Crippen LogP contribution in [0.1, 0.15) is 25.7 Å². The molecule has 0 aromatic carbocycles. The molecule has 13 heavy (non-hydrogen) atoms. The van der Waals surface area contributed by atoms with Crippen LogP contribution in [0, 0.1) is 5.92 Å². The third kappa shape index (κ3) is 2.78. The highest BCUT2D eigenvalue weighted by atomic mass is 32.2. The first-order chi connectivity index (χ1) is 6.25. The first-order valence-corrected chi connectivity index (χ1v) is 6.79. The van der Waals surface area contributed by atoms with Gasteiger partial charge in [-0.3, -0.25) is 4.21 Å². The molecule has 1 aliphatic heterocycles. The first kappa shape index (κ1) is 9.66. The molecule has 1 saturated carbocycles. The second-order valence-corrected chi connectivity index (χ2v) is 6.16. The quantitative estimate of drug-likeness (QED) is 0.685. The summed E-state index contributed by atoms with van der Waals surface area (Å²) in [4.78, 5) is 2.49. The lowest BCUT2D eigenvalue weighted by atomic mass is 10.1. The molecule has 0 bridgehead atoms. The van der Waals surface area contributed by atoms with Crippen LogP contribution in [-0.4, -0.2) is 40.2 Å². The molecule has 0 aromatic heterocycles. The number of hydrogen-bond donors (Lipinski definition) is 0. The third-order valence-electron chi connectivity index (χ3n) is 3.22. The van der Waals surface area contributed by atoms with Gasteiger partial charge in [0.25, 0.3) is 0 Å². The van der Waals surface area contributed by atoms with E-state index in [2.05, 4.69) is 11.9 Å². The lowest BCUT2D eigenvalue weighted by Crippen LogP contribution is -2.38. The summed E-state index contributed by atoms with van der Waals surface area (Å²) in [7, 11) is 1.73. The van der Waals surface area contributed by atoms with Gasteiger partial charge in [-0.25, -0.2) is 0 Å². The Balaban J connectivity index is 1.75. The summed E-state index contributed by atoms with van der Waals surface area (Å²) in [5, 5.41) is 0. The van der Waals surface area contributed by atoms with Gasteiger partial charge in [-0.1, -0.05) is 0 Å². The molecule has 2 nitrogen and oxygen atoms in total. The van der Waals surface area contributed by atoms with Crippen LogP contribution >= 0.6 is 0 Å². The summed E-state index contributed by atoms with van der Waals surface area (Å²) in [6.45, 7) is 1.28. The van der Waals surface area contributed by atoms with E-state index in [1.807, 2.05) is 0 Å². The molecule has 76 valence electrons. The number of rotatable bonds is 3. The predicted octanol–water partition coefficient (Wildman–Crippen LogP) is 1.24. The summed E-state index contributed by atoms with van der Waals surface area (Å²) in [5.74, 6) is 2.84. The minimum atomic E-state index is -0.501. The highest BCUT2D eigenvalue weighted by Gasteiger charge is 2.27. The Hall–Kier alpha value is 0.110. The standard InChI is InChI=1S/C10H19NOS/c1-11(8-9-2-3-9)10-4-6-13(12)7-5-10/h9-10H,2-8H2,1H3. The Morgan fingerprint density at radius 2 is 1.85 bits per heavy atom. The normalized spacial score (nSPS) is 35.2. The summed E-state index contributed by atoms with van der Waals surface area (Å²) < 4.78 is 11.2. The number of nitrogens with zero attached hydrogens (tertiary/aromatic N) is 1. The summed E-state index contributed by atoms with van der Waals surface area (Å²) in [6.07, 6.45) is 5.16. The van der Waals surface area contributed by atoms with E-state index in [0.717, 1.165) is 36.3 Å². The van der Waals surface area contributed by atoms with Gasteiger partial charge in [0.2, 0.25) is 0 Å². The van der Waals surface area contributed by atoms with Crippen molar-refractivity contribution >= 4 is 10.8 Å². The van der Waals surface area contributed by atoms with E-state index in [1.165, 1.54) is 19.4 Å². The molecule has 0 aromatic rings. The van der Waals surface area contributed by atoms with Crippen LogP contribution in [0.2, 0.25) is 0 Å². The zero-order valence-electron chi connectivity index (χ0n) is 8.37. The van der Waals surface area contributed by atoms with Gasteiger partial charge in [0.1, 0.15) is 0 Å². The lowest BCUT2D eigenvalue weighted by molar-refractivity contribution is 0.219. The van der Waals surface area contributed by atoms with Crippen molar-refractivity contribution in [3.05, 3.63) is 0 Å². The average Bonchev–Trinajstić information content (AvgIpc) is 2.89. The zero-order valence-corrected chi connectivity index (χ0v) is 9.18. The van der Waals surface area contributed by atoms with Crippen molar-refractivity contribution in [1.29, 1.82) is 0 Å². The Kier molecular flexibility index (Phi) is 3.04. The number of hydrogen-bond acceptors (Lipinski definition) is 2. The molecule has 1 heterocycles. The van der Waals surface area contributed by atoms with Crippen molar-refractivity contribution in [2.75, 3.05) is 25.1 Å². The second-order valence-electron chi connectivity index (χ2n) is 4.46. The van der Waals surface area contributed by atoms with Gasteiger partial charge in [0.05, 0.1) is 0 Å². The first-order valence-electron chi connectivity index (χ1n) is 5.31. The molecular formula is C10H19NOS. The van der Waals surface area contributed by atoms with Crippen LogP contribution in [-0.2, 0) is 10.8 Å².